The summed E-state index contributed by atoms with van der Waals surface area (Å²) in [6.07, 6.45) is 2.60. The van der Waals surface area contributed by atoms with Gasteiger partial charge in [0, 0.05) is 13.2 Å². The Morgan fingerprint density at radius 3 is 2.28 bits per heavy atom. The van der Waals surface area contributed by atoms with Gasteiger partial charge in [0.2, 0.25) is 0 Å². The molecule has 7 heteroatoms. The monoisotopic (exact) mass is 514 g/mol. The highest BCUT2D eigenvalue weighted by atomic mass is 35.5. The topological polar surface area (TPSA) is 51.9 Å². The second-order valence-electron chi connectivity index (χ2n) is 8.56. The Bertz CT molecular complexity index is 1490. The minimum absolute atomic E-state index is 0.225. The largest absolute Gasteiger partial charge is 0.349 e. The molecule has 5 rings (SSSR count). The molecule has 0 aliphatic heterocycles. The third-order valence-corrected chi connectivity index (χ3v) is 6.82. The number of nitrogens with one attached hydrogen (secondary N) is 1. The smallest absolute Gasteiger partial charge is 0.270 e. The van der Waals surface area contributed by atoms with Crippen molar-refractivity contribution in [2.45, 2.75) is 12.5 Å². The zero-order valence-electron chi connectivity index (χ0n) is 19.6. The molecule has 0 aliphatic rings. The van der Waals surface area contributed by atoms with Crippen LogP contribution in [0.15, 0.2) is 103 Å². The molecule has 0 fully saturated rings. The van der Waals surface area contributed by atoms with Gasteiger partial charge in [0.1, 0.15) is 11.4 Å². The van der Waals surface area contributed by atoms with Gasteiger partial charge in [-0.05, 0) is 53.9 Å². The number of hydrogen-bond acceptors (Lipinski definition) is 2. The van der Waals surface area contributed by atoms with Crippen LogP contribution in [0.2, 0.25) is 10.0 Å². The van der Waals surface area contributed by atoms with Crippen molar-refractivity contribution >= 4 is 29.1 Å². The van der Waals surface area contributed by atoms with Crippen LogP contribution in [0.5, 0.6) is 0 Å². The number of amides is 1. The first-order valence-electron chi connectivity index (χ1n) is 11.6. The Labute approximate surface area is 219 Å². The number of halogens is 2. The summed E-state index contributed by atoms with van der Waals surface area (Å²) in [4.78, 5) is 13.8. The van der Waals surface area contributed by atoms with Gasteiger partial charge < -0.3 is 9.88 Å². The van der Waals surface area contributed by atoms with Crippen molar-refractivity contribution < 1.29 is 4.79 Å². The Morgan fingerprint density at radius 1 is 0.889 bits per heavy atom. The summed E-state index contributed by atoms with van der Waals surface area (Å²) in [5.41, 5.74) is 4.78. The van der Waals surface area contributed by atoms with Crippen LogP contribution in [0.1, 0.15) is 27.7 Å². The number of aryl methyl sites for hydroxylation is 1. The minimum atomic E-state index is -0.237. The first kappa shape index (κ1) is 23.9. The molecule has 36 heavy (non-hydrogen) atoms. The first-order valence-corrected chi connectivity index (χ1v) is 12.3. The molecule has 0 spiro atoms. The normalized spacial score (nSPS) is 11.9. The summed E-state index contributed by atoms with van der Waals surface area (Å²) in [5.74, 6) is -0.237. The zero-order valence-corrected chi connectivity index (χ0v) is 21.1. The predicted octanol–water partition coefficient (Wildman–Crippen LogP) is 6.90. The summed E-state index contributed by atoms with van der Waals surface area (Å²) in [6.45, 7) is 0. The van der Waals surface area contributed by atoms with E-state index in [1.54, 1.807) is 28.9 Å². The van der Waals surface area contributed by atoms with Crippen molar-refractivity contribution in [2.24, 2.45) is 7.05 Å². The number of hydrogen-bond donors (Lipinski definition) is 1. The van der Waals surface area contributed by atoms with E-state index in [9.17, 15) is 4.79 Å². The van der Waals surface area contributed by atoms with Crippen molar-refractivity contribution in [1.82, 2.24) is 19.7 Å². The molecule has 0 saturated heterocycles. The summed E-state index contributed by atoms with van der Waals surface area (Å²) in [6, 6.07) is 30.8. The average molecular weight is 515 g/mol. The Balaban J connectivity index is 1.54. The van der Waals surface area contributed by atoms with E-state index < -0.39 is 0 Å². The molecule has 2 aromatic heterocycles. The number of rotatable bonds is 7. The highest BCUT2D eigenvalue weighted by molar-refractivity contribution is 6.42. The van der Waals surface area contributed by atoms with Crippen LogP contribution in [0, 0.1) is 0 Å². The quantitative estimate of drug-likeness (QED) is 0.256. The molecule has 0 bridgehead atoms. The summed E-state index contributed by atoms with van der Waals surface area (Å²) in [5, 5.41) is 8.84. The Kier molecular flexibility index (Phi) is 6.94. The van der Waals surface area contributed by atoms with Gasteiger partial charge in [0.25, 0.3) is 5.91 Å². The van der Waals surface area contributed by atoms with Crippen LogP contribution in [-0.2, 0) is 13.5 Å². The SMILES string of the molecule is Cn1cccc1-c1cc(C(=O)NC(Cc2ccccc2)c2ccccc2)n(-c2ccc(Cl)c(Cl)c2)n1. The van der Waals surface area contributed by atoms with Gasteiger partial charge in [0.05, 0.1) is 27.5 Å². The number of benzene rings is 3. The second kappa shape index (κ2) is 10.4. The lowest BCUT2D eigenvalue weighted by molar-refractivity contribution is 0.0928. The second-order valence-corrected chi connectivity index (χ2v) is 9.37. The standard InChI is InChI=1S/C29H24Cl2N4O/c1-34-16-8-13-27(34)26-19-28(35(33-26)22-14-15-23(30)24(31)18-22)29(36)32-25(21-11-6-3-7-12-21)17-20-9-4-2-5-10-20/h2-16,18-19,25H,17H2,1H3,(H,32,36). The number of carbonyl (C=O) groups excluding carboxylic acids is 1. The maximum absolute atomic E-state index is 13.8. The molecule has 1 N–H and O–H groups in total. The van der Waals surface area contributed by atoms with Gasteiger partial charge in [-0.1, -0.05) is 83.9 Å². The van der Waals surface area contributed by atoms with Crippen LogP contribution in [0.4, 0.5) is 0 Å². The molecule has 0 aliphatic carbocycles. The van der Waals surface area contributed by atoms with Crippen LogP contribution >= 0.6 is 23.2 Å². The Morgan fingerprint density at radius 2 is 1.61 bits per heavy atom. The molecule has 1 atom stereocenters. The fraction of sp³-hybridized carbons (Fsp3) is 0.103. The van der Waals surface area contributed by atoms with Crippen molar-refractivity contribution in [3.63, 3.8) is 0 Å². The zero-order chi connectivity index (χ0) is 25.1. The lowest BCUT2D eigenvalue weighted by atomic mass is 9.98. The fourth-order valence-electron chi connectivity index (χ4n) is 4.23. The fourth-order valence-corrected chi connectivity index (χ4v) is 4.52. The molecule has 3 aromatic carbocycles. The lowest BCUT2D eigenvalue weighted by Gasteiger charge is -2.20. The highest BCUT2D eigenvalue weighted by Gasteiger charge is 2.23. The number of aromatic nitrogens is 3. The van der Waals surface area contributed by atoms with E-state index in [0.29, 0.717) is 33.5 Å². The van der Waals surface area contributed by atoms with E-state index in [2.05, 4.69) is 17.4 Å². The third kappa shape index (κ3) is 5.08. The molecule has 0 saturated carbocycles. The molecular weight excluding hydrogens is 491 g/mol. The molecule has 1 amide bonds. The van der Waals surface area contributed by atoms with Crippen molar-refractivity contribution in [3.05, 3.63) is 130 Å². The van der Waals surface area contributed by atoms with Gasteiger partial charge in [-0.25, -0.2) is 4.68 Å². The van der Waals surface area contributed by atoms with Crippen LogP contribution in [0.25, 0.3) is 17.1 Å². The van der Waals surface area contributed by atoms with Crippen LogP contribution in [-0.4, -0.2) is 20.3 Å². The predicted molar refractivity (Wildman–Crippen MR) is 145 cm³/mol. The summed E-state index contributed by atoms with van der Waals surface area (Å²) in [7, 11) is 1.94. The van der Waals surface area contributed by atoms with E-state index in [1.165, 1.54) is 0 Å². The molecule has 5 nitrogen and oxygen atoms in total. The summed E-state index contributed by atoms with van der Waals surface area (Å²) >= 11 is 12.5. The van der Waals surface area contributed by atoms with Crippen molar-refractivity contribution in [1.29, 1.82) is 0 Å². The number of nitrogens with zero attached hydrogens (tertiary/aromatic N) is 3. The highest BCUT2D eigenvalue weighted by Crippen LogP contribution is 2.28. The van der Waals surface area contributed by atoms with E-state index in [1.807, 2.05) is 78.5 Å². The van der Waals surface area contributed by atoms with E-state index in [4.69, 9.17) is 28.3 Å². The van der Waals surface area contributed by atoms with Crippen LogP contribution in [0.3, 0.4) is 0 Å². The van der Waals surface area contributed by atoms with Crippen LogP contribution < -0.4 is 5.32 Å². The minimum Gasteiger partial charge on any atom is -0.349 e. The third-order valence-electron chi connectivity index (χ3n) is 6.09. The molecule has 2 heterocycles. The van der Waals surface area contributed by atoms with E-state index in [-0.39, 0.29) is 11.9 Å². The molecule has 180 valence electrons. The van der Waals surface area contributed by atoms with E-state index >= 15 is 0 Å². The van der Waals surface area contributed by atoms with Gasteiger partial charge in [-0.2, -0.15) is 5.10 Å². The lowest BCUT2D eigenvalue weighted by Crippen LogP contribution is -2.31. The maximum Gasteiger partial charge on any atom is 0.270 e. The first-order chi connectivity index (χ1) is 17.5. The van der Waals surface area contributed by atoms with Gasteiger partial charge in [-0.3, -0.25) is 4.79 Å². The summed E-state index contributed by atoms with van der Waals surface area (Å²) < 4.78 is 3.58. The molecule has 0 radical (unpaired) electrons. The van der Waals surface area contributed by atoms with Gasteiger partial charge in [0.15, 0.2) is 0 Å². The molecular formula is C29H24Cl2N4O. The molecule has 5 aromatic rings. The van der Waals surface area contributed by atoms with Crippen molar-refractivity contribution in [3.8, 4) is 17.1 Å². The maximum atomic E-state index is 13.8. The number of carbonyl (C=O) groups is 1. The van der Waals surface area contributed by atoms with E-state index in [0.717, 1.165) is 16.8 Å². The molecule has 1 unspecified atom stereocenters. The average Bonchev–Trinajstić information content (AvgIpc) is 3.53. The van der Waals surface area contributed by atoms with Crippen molar-refractivity contribution in [2.75, 3.05) is 0 Å². The van der Waals surface area contributed by atoms with Gasteiger partial charge in [-0.15, -0.1) is 0 Å². The Hall–Kier alpha value is -3.80. The van der Waals surface area contributed by atoms with Gasteiger partial charge >= 0.3 is 0 Å².